The summed E-state index contributed by atoms with van der Waals surface area (Å²) in [5.41, 5.74) is 2.95. The van der Waals surface area contributed by atoms with Crippen LogP contribution in [0.3, 0.4) is 0 Å². The molecule has 0 fully saturated rings. The smallest absolute Gasteiger partial charge is 0.257 e. The summed E-state index contributed by atoms with van der Waals surface area (Å²) in [6, 6.07) is 15.2. The molecule has 1 amide bonds. The lowest BCUT2D eigenvalue weighted by Crippen LogP contribution is -2.26. The zero-order valence-electron chi connectivity index (χ0n) is 13.6. The summed E-state index contributed by atoms with van der Waals surface area (Å²) in [6.45, 7) is 2.26. The van der Waals surface area contributed by atoms with E-state index in [0.29, 0.717) is 28.6 Å². The van der Waals surface area contributed by atoms with Gasteiger partial charge >= 0.3 is 0 Å². The van der Waals surface area contributed by atoms with Crippen molar-refractivity contribution in [2.45, 2.75) is 13.3 Å². The van der Waals surface area contributed by atoms with Gasteiger partial charge in [-0.05, 0) is 43.2 Å². The van der Waals surface area contributed by atoms with E-state index < -0.39 is 0 Å². The van der Waals surface area contributed by atoms with Crippen LogP contribution in [0, 0.1) is 6.92 Å². The highest BCUT2D eigenvalue weighted by Gasteiger charge is 2.21. The lowest BCUT2D eigenvalue weighted by atomic mass is 10.1. The van der Waals surface area contributed by atoms with Gasteiger partial charge in [0.1, 0.15) is 17.0 Å². The monoisotopic (exact) mass is 418 g/mol. The summed E-state index contributed by atoms with van der Waals surface area (Å²) in [6.07, 6.45) is 0.722. The molecule has 2 aromatic carbocycles. The Morgan fingerprint density at radius 1 is 1.24 bits per heavy atom. The molecular formula is C19H16BrClN2O2. The van der Waals surface area contributed by atoms with Crippen LogP contribution in [0.25, 0.3) is 11.3 Å². The minimum absolute atomic E-state index is 0.192. The highest BCUT2D eigenvalue weighted by atomic mass is 79.9. The maximum atomic E-state index is 12.6. The van der Waals surface area contributed by atoms with Gasteiger partial charge in [0.25, 0.3) is 5.91 Å². The van der Waals surface area contributed by atoms with Gasteiger partial charge in [-0.15, -0.1) is 0 Å². The number of nitrogens with one attached hydrogen (secondary N) is 1. The van der Waals surface area contributed by atoms with Crippen LogP contribution in [0.2, 0.25) is 5.02 Å². The van der Waals surface area contributed by atoms with Crippen LogP contribution < -0.4 is 5.32 Å². The van der Waals surface area contributed by atoms with Crippen LogP contribution in [0.4, 0.5) is 0 Å². The lowest BCUT2D eigenvalue weighted by Gasteiger charge is -2.06. The second kappa shape index (κ2) is 7.85. The van der Waals surface area contributed by atoms with Crippen LogP contribution in [0.1, 0.15) is 21.7 Å². The first kappa shape index (κ1) is 17.7. The van der Waals surface area contributed by atoms with Gasteiger partial charge in [-0.3, -0.25) is 4.79 Å². The predicted molar refractivity (Wildman–Crippen MR) is 102 cm³/mol. The van der Waals surface area contributed by atoms with Crippen molar-refractivity contribution in [2.75, 3.05) is 6.54 Å². The maximum absolute atomic E-state index is 12.6. The molecule has 0 radical (unpaired) electrons. The molecule has 0 aliphatic heterocycles. The number of halogens is 2. The molecule has 25 heavy (non-hydrogen) atoms. The number of carbonyl (C=O) groups is 1. The number of carbonyl (C=O) groups excluding carboxylic acids is 1. The third-order valence-electron chi connectivity index (χ3n) is 3.80. The molecule has 1 aromatic heterocycles. The number of aromatic nitrogens is 1. The summed E-state index contributed by atoms with van der Waals surface area (Å²) in [7, 11) is 0. The van der Waals surface area contributed by atoms with Gasteiger partial charge in [0.15, 0.2) is 0 Å². The first-order chi connectivity index (χ1) is 12.0. The Balaban J connectivity index is 1.72. The Bertz CT molecular complexity index is 891. The Morgan fingerprint density at radius 2 is 2.00 bits per heavy atom. The molecule has 0 aliphatic carbocycles. The first-order valence-electron chi connectivity index (χ1n) is 7.79. The molecule has 6 heteroatoms. The topological polar surface area (TPSA) is 55.1 Å². The summed E-state index contributed by atoms with van der Waals surface area (Å²) >= 11 is 9.31. The average molecular weight is 420 g/mol. The molecule has 0 aliphatic rings. The molecular weight excluding hydrogens is 404 g/mol. The number of aryl methyl sites for hydroxylation is 1. The Kier molecular flexibility index (Phi) is 5.56. The van der Waals surface area contributed by atoms with Gasteiger partial charge < -0.3 is 9.84 Å². The molecule has 1 N–H and O–H groups in total. The molecule has 3 aromatic rings. The summed E-state index contributed by atoms with van der Waals surface area (Å²) in [4.78, 5) is 12.6. The standard InChI is InChI=1S/C19H16BrClN2O2/c1-12-17(18(23-25-12)14-3-2-4-15(20)11-14)19(24)22-10-9-13-5-7-16(21)8-6-13/h2-8,11H,9-10H2,1H3,(H,22,24). The lowest BCUT2D eigenvalue weighted by molar-refractivity contribution is 0.0953. The fourth-order valence-corrected chi connectivity index (χ4v) is 3.06. The fraction of sp³-hybridized carbons (Fsp3) is 0.158. The van der Waals surface area contributed by atoms with Crippen molar-refractivity contribution in [1.29, 1.82) is 0 Å². The summed E-state index contributed by atoms with van der Waals surface area (Å²) in [5, 5.41) is 7.68. The molecule has 0 saturated heterocycles. The molecule has 0 bridgehead atoms. The minimum atomic E-state index is -0.192. The zero-order valence-corrected chi connectivity index (χ0v) is 15.9. The third-order valence-corrected chi connectivity index (χ3v) is 4.55. The number of rotatable bonds is 5. The van der Waals surface area contributed by atoms with Crippen LogP contribution in [-0.4, -0.2) is 17.6 Å². The van der Waals surface area contributed by atoms with Crippen molar-refractivity contribution in [3.05, 3.63) is 74.9 Å². The van der Waals surface area contributed by atoms with Crippen molar-refractivity contribution >= 4 is 33.4 Å². The van der Waals surface area contributed by atoms with Crippen molar-refractivity contribution in [3.8, 4) is 11.3 Å². The van der Waals surface area contributed by atoms with E-state index in [2.05, 4.69) is 26.4 Å². The molecule has 3 rings (SSSR count). The van der Waals surface area contributed by atoms with Crippen LogP contribution in [-0.2, 0) is 6.42 Å². The molecule has 4 nitrogen and oxygen atoms in total. The van der Waals surface area contributed by atoms with Gasteiger partial charge in [-0.25, -0.2) is 0 Å². The largest absolute Gasteiger partial charge is 0.360 e. The highest BCUT2D eigenvalue weighted by molar-refractivity contribution is 9.10. The van der Waals surface area contributed by atoms with E-state index in [1.54, 1.807) is 6.92 Å². The minimum Gasteiger partial charge on any atom is -0.360 e. The number of amides is 1. The van der Waals surface area contributed by atoms with Crippen LogP contribution in [0.5, 0.6) is 0 Å². The Labute approximate surface area is 159 Å². The van der Waals surface area contributed by atoms with E-state index in [-0.39, 0.29) is 5.91 Å². The van der Waals surface area contributed by atoms with Crippen LogP contribution in [0.15, 0.2) is 57.5 Å². The van der Waals surface area contributed by atoms with Crippen molar-refractivity contribution in [2.24, 2.45) is 0 Å². The molecule has 1 heterocycles. The molecule has 0 saturated carbocycles. The van der Waals surface area contributed by atoms with Gasteiger partial charge in [0.2, 0.25) is 0 Å². The van der Waals surface area contributed by atoms with E-state index >= 15 is 0 Å². The quantitative estimate of drug-likeness (QED) is 0.630. The van der Waals surface area contributed by atoms with Gasteiger partial charge in [-0.2, -0.15) is 0 Å². The summed E-state index contributed by atoms with van der Waals surface area (Å²) in [5.74, 6) is 0.307. The van der Waals surface area contributed by atoms with E-state index in [4.69, 9.17) is 16.1 Å². The fourth-order valence-electron chi connectivity index (χ4n) is 2.53. The molecule has 0 unspecified atom stereocenters. The number of benzene rings is 2. The number of nitrogens with zero attached hydrogens (tertiary/aromatic N) is 1. The van der Waals surface area contributed by atoms with E-state index in [0.717, 1.165) is 22.0 Å². The second-order valence-corrected chi connectivity index (χ2v) is 6.96. The average Bonchev–Trinajstić information content (AvgIpc) is 2.98. The zero-order chi connectivity index (χ0) is 17.8. The summed E-state index contributed by atoms with van der Waals surface area (Å²) < 4.78 is 6.16. The van der Waals surface area contributed by atoms with Crippen molar-refractivity contribution in [1.82, 2.24) is 10.5 Å². The van der Waals surface area contributed by atoms with Gasteiger partial charge in [-0.1, -0.05) is 57.0 Å². The predicted octanol–water partition coefficient (Wildman–Crippen LogP) is 5.04. The van der Waals surface area contributed by atoms with E-state index in [1.807, 2.05) is 48.5 Å². The van der Waals surface area contributed by atoms with Crippen molar-refractivity contribution < 1.29 is 9.32 Å². The third kappa shape index (κ3) is 4.30. The first-order valence-corrected chi connectivity index (χ1v) is 8.96. The van der Waals surface area contributed by atoms with E-state index in [1.165, 1.54) is 0 Å². The molecule has 0 atom stereocenters. The van der Waals surface area contributed by atoms with Gasteiger partial charge in [0, 0.05) is 21.6 Å². The Hall–Kier alpha value is -2.11. The van der Waals surface area contributed by atoms with E-state index in [9.17, 15) is 4.79 Å². The molecule has 0 spiro atoms. The highest BCUT2D eigenvalue weighted by Crippen LogP contribution is 2.27. The normalized spacial score (nSPS) is 10.7. The number of hydrogen-bond acceptors (Lipinski definition) is 3. The van der Waals surface area contributed by atoms with Gasteiger partial charge in [0.05, 0.1) is 0 Å². The maximum Gasteiger partial charge on any atom is 0.257 e. The van der Waals surface area contributed by atoms with Crippen molar-refractivity contribution in [3.63, 3.8) is 0 Å². The SMILES string of the molecule is Cc1onc(-c2cccc(Br)c2)c1C(=O)NCCc1ccc(Cl)cc1. The second-order valence-electron chi connectivity index (χ2n) is 5.61. The molecule has 128 valence electrons. The Morgan fingerprint density at radius 3 is 2.72 bits per heavy atom. The number of hydrogen-bond donors (Lipinski definition) is 1. The van der Waals surface area contributed by atoms with Crippen LogP contribution >= 0.6 is 27.5 Å².